The molecule has 0 spiro atoms. The fraction of sp³-hybridized carbons (Fsp3) is 0.583. The average molecular weight is 303 g/mol. The Hall–Kier alpha value is -0.920. The fourth-order valence-corrected chi connectivity index (χ4v) is 4.56. The molecule has 1 saturated carbocycles. The summed E-state index contributed by atoms with van der Waals surface area (Å²) in [7, 11) is -3.59. The van der Waals surface area contributed by atoms with E-state index in [2.05, 4.69) is 4.72 Å². The lowest BCUT2D eigenvalue weighted by atomic mass is 10.1. The van der Waals surface area contributed by atoms with Gasteiger partial charge in [-0.05, 0) is 37.3 Å². The third-order valence-electron chi connectivity index (χ3n) is 3.14. The Morgan fingerprint density at radius 2 is 2.21 bits per heavy atom. The maximum atomic E-state index is 12.2. The highest BCUT2D eigenvalue weighted by molar-refractivity contribution is 7.91. The van der Waals surface area contributed by atoms with Crippen molar-refractivity contribution >= 4 is 27.3 Å². The topological polar surface area (TPSA) is 83.5 Å². The van der Waals surface area contributed by atoms with Gasteiger partial charge in [0.2, 0.25) is 10.0 Å². The predicted molar refractivity (Wildman–Crippen MR) is 72.8 cm³/mol. The Balaban J connectivity index is 2.12. The van der Waals surface area contributed by atoms with Crippen LogP contribution in [0.2, 0.25) is 0 Å². The molecule has 106 valence electrons. The summed E-state index contributed by atoms with van der Waals surface area (Å²) in [4.78, 5) is 11.8. The van der Waals surface area contributed by atoms with Gasteiger partial charge in [0.1, 0.15) is 4.21 Å². The van der Waals surface area contributed by atoms with E-state index in [9.17, 15) is 13.2 Å². The van der Waals surface area contributed by atoms with E-state index in [1.165, 1.54) is 11.3 Å². The van der Waals surface area contributed by atoms with Crippen LogP contribution in [0.15, 0.2) is 16.3 Å². The Labute approximate surface area is 116 Å². The number of thiophene rings is 1. The number of rotatable bonds is 7. The van der Waals surface area contributed by atoms with Crippen LogP contribution in [-0.4, -0.2) is 25.5 Å². The minimum absolute atomic E-state index is 0.157. The van der Waals surface area contributed by atoms with E-state index >= 15 is 0 Å². The number of hydrogen-bond donors (Lipinski definition) is 2. The zero-order chi connectivity index (χ0) is 14.0. The molecule has 19 heavy (non-hydrogen) atoms. The molecular formula is C12H17NO4S2. The van der Waals surface area contributed by atoms with Crippen LogP contribution in [0, 0.1) is 5.92 Å². The van der Waals surface area contributed by atoms with Crippen LogP contribution in [0.1, 0.15) is 31.1 Å². The first kappa shape index (κ1) is 14.5. The number of aliphatic carboxylic acids is 1. The van der Waals surface area contributed by atoms with Crippen LogP contribution < -0.4 is 4.72 Å². The first-order valence-electron chi connectivity index (χ1n) is 6.25. The van der Waals surface area contributed by atoms with E-state index in [1.54, 1.807) is 12.1 Å². The maximum Gasteiger partial charge on any atom is 0.304 e. The number of carbonyl (C=O) groups is 1. The second kappa shape index (κ2) is 5.60. The minimum atomic E-state index is -3.59. The molecule has 0 radical (unpaired) electrons. The molecule has 5 nitrogen and oxygen atoms in total. The highest BCUT2D eigenvalue weighted by Gasteiger charge is 2.36. The van der Waals surface area contributed by atoms with Gasteiger partial charge in [-0.25, -0.2) is 13.1 Å². The lowest BCUT2D eigenvalue weighted by Gasteiger charge is -2.15. The summed E-state index contributed by atoms with van der Waals surface area (Å²) in [5.41, 5.74) is 0. The first-order valence-corrected chi connectivity index (χ1v) is 8.55. The van der Waals surface area contributed by atoms with Crippen molar-refractivity contribution in [3.05, 3.63) is 17.0 Å². The molecule has 1 aliphatic carbocycles. The number of hydrogen-bond acceptors (Lipinski definition) is 4. The summed E-state index contributed by atoms with van der Waals surface area (Å²) in [6.07, 6.45) is 2.42. The molecule has 7 heteroatoms. The summed E-state index contributed by atoms with van der Waals surface area (Å²) in [6.45, 7) is 1.97. The molecule has 0 amide bonds. The van der Waals surface area contributed by atoms with Gasteiger partial charge in [0.05, 0.1) is 6.42 Å². The molecule has 1 heterocycles. The Kier molecular flexibility index (Phi) is 4.27. The van der Waals surface area contributed by atoms with E-state index in [0.717, 1.165) is 24.1 Å². The molecule has 1 aliphatic rings. The molecule has 1 unspecified atom stereocenters. The molecule has 0 saturated heterocycles. The van der Waals surface area contributed by atoms with Gasteiger partial charge in [0, 0.05) is 10.9 Å². The number of carboxylic acids is 1. The summed E-state index contributed by atoms with van der Waals surface area (Å²) >= 11 is 1.23. The van der Waals surface area contributed by atoms with E-state index in [0.29, 0.717) is 0 Å². The number of carboxylic acid groups (broad SMARTS) is 1. The highest BCUT2D eigenvalue weighted by Crippen LogP contribution is 2.35. The normalized spacial score (nSPS) is 17.3. The summed E-state index contributed by atoms with van der Waals surface area (Å²) in [5, 5.41) is 8.84. The van der Waals surface area contributed by atoms with Gasteiger partial charge in [0.25, 0.3) is 0 Å². The number of aryl methyl sites for hydroxylation is 1. The van der Waals surface area contributed by atoms with Crippen molar-refractivity contribution in [3.8, 4) is 0 Å². The molecule has 0 bridgehead atoms. The average Bonchev–Trinajstić information content (AvgIpc) is 3.04. The smallest absolute Gasteiger partial charge is 0.304 e. The van der Waals surface area contributed by atoms with Crippen LogP contribution >= 0.6 is 11.3 Å². The zero-order valence-electron chi connectivity index (χ0n) is 10.6. The second-order valence-electron chi connectivity index (χ2n) is 4.74. The molecule has 1 aromatic heterocycles. The zero-order valence-corrected chi connectivity index (χ0v) is 12.3. The third-order valence-corrected chi connectivity index (χ3v) is 6.35. The molecule has 0 aromatic carbocycles. The number of sulfonamides is 1. The van der Waals surface area contributed by atoms with Gasteiger partial charge < -0.3 is 5.11 Å². The molecule has 1 atom stereocenters. The van der Waals surface area contributed by atoms with E-state index in [-0.39, 0.29) is 16.5 Å². The van der Waals surface area contributed by atoms with Crippen molar-refractivity contribution in [1.82, 2.24) is 4.72 Å². The van der Waals surface area contributed by atoms with E-state index in [4.69, 9.17) is 5.11 Å². The van der Waals surface area contributed by atoms with Gasteiger partial charge in [-0.1, -0.05) is 6.92 Å². The van der Waals surface area contributed by atoms with Gasteiger partial charge in [0.15, 0.2) is 0 Å². The van der Waals surface area contributed by atoms with Crippen molar-refractivity contribution in [3.63, 3.8) is 0 Å². The van der Waals surface area contributed by atoms with Gasteiger partial charge in [-0.2, -0.15) is 0 Å². The van der Waals surface area contributed by atoms with Gasteiger partial charge >= 0.3 is 5.97 Å². The van der Waals surface area contributed by atoms with Gasteiger partial charge in [-0.15, -0.1) is 11.3 Å². The SMILES string of the molecule is CCc1ccc(S(=O)(=O)NC(CC(=O)O)C2CC2)s1. The summed E-state index contributed by atoms with van der Waals surface area (Å²) < 4.78 is 27.2. The van der Waals surface area contributed by atoms with Crippen molar-refractivity contribution in [2.75, 3.05) is 0 Å². The van der Waals surface area contributed by atoms with Crippen molar-refractivity contribution in [2.24, 2.45) is 5.92 Å². The van der Waals surface area contributed by atoms with Crippen molar-refractivity contribution in [1.29, 1.82) is 0 Å². The monoisotopic (exact) mass is 303 g/mol. The highest BCUT2D eigenvalue weighted by atomic mass is 32.2. The van der Waals surface area contributed by atoms with E-state index in [1.807, 2.05) is 6.92 Å². The lowest BCUT2D eigenvalue weighted by Crippen LogP contribution is -2.37. The minimum Gasteiger partial charge on any atom is -0.481 e. The molecule has 1 fully saturated rings. The summed E-state index contributed by atoms with van der Waals surface area (Å²) in [5.74, 6) is -0.809. The van der Waals surface area contributed by atoms with Crippen LogP contribution in [-0.2, 0) is 21.2 Å². The fourth-order valence-electron chi connectivity index (χ4n) is 1.94. The lowest BCUT2D eigenvalue weighted by molar-refractivity contribution is -0.137. The Morgan fingerprint density at radius 1 is 1.53 bits per heavy atom. The number of nitrogens with one attached hydrogen (secondary N) is 1. The molecule has 1 aromatic rings. The van der Waals surface area contributed by atoms with Gasteiger partial charge in [-0.3, -0.25) is 4.79 Å². The van der Waals surface area contributed by atoms with Crippen LogP contribution in [0.3, 0.4) is 0 Å². The Morgan fingerprint density at radius 3 is 2.68 bits per heavy atom. The van der Waals surface area contributed by atoms with Crippen LogP contribution in [0.4, 0.5) is 0 Å². The van der Waals surface area contributed by atoms with Crippen molar-refractivity contribution in [2.45, 2.75) is 42.9 Å². The molecule has 2 rings (SSSR count). The quantitative estimate of drug-likeness (QED) is 0.805. The van der Waals surface area contributed by atoms with Crippen molar-refractivity contribution < 1.29 is 18.3 Å². The summed E-state index contributed by atoms with van der Waals surface area (Å²) in [6, 6.07) is 2.88. The van der Waals surface area contributed by atoms with Crippen LogP contribution in [0.25, 0.3) is 0 Å². The molecular weight excluding hydrogens is 286 g/mol. The Bertz CT molecular complexity index is 560. The first-order chi connectivity index (χ1) is 8.92. The largest absolute Gasteiger partial charge is 0.481 e. The van der Waals surface area contributed by atoms with E-state index < -0.39 is 22.0 Å². The molecule has 2 N–H and O–H groups in total. The third kappa shape index (κ3) is 3.77. The second-order valence-corrected chi connectivity index (χ2v) is 7.85. The predicted octanol–water partition coefficient (Wildman–Crippen LogP) is 1.84. The maximum absolute atomic E-state index is 12.2. The molecule has 0 aliphatic heterocycles. The standard InChI is InChI=1S/C12H17NO4S2/c1-2-9-5-6-12(18-9)19(16,17)13-10(7-11(14)15)8-3-4-8/h5-6,8,10,13H,2-4,7H2,1H3,(H,14,15). The van der Waals surface area contributed by atoms with Crippen LogP contribution in [0.5, 0.6) is 0 Å².